The van der Waals surface area contributed by atoms with Crippen LogP contribution in [0.5, 0.6) is 0 Å². The van der Waals surface area contributed by atoms with Crippen molar-refractivity contribution < 1.29 is 18.9 Å². The van der Waals surface area contributed by atoms with Gasteiger partial charge in [0.15, 0.2) is 0 Å². The van der Waals surface area contributed by atoms with Gasteiger partial charge in [0.1, 0.15) is 12.2 Å². The van der Waals surface area contributed by atoms with E-state index in [0.29, 0.717) is 18.1 Å². The Hall–Kier alpha value is -0.160. The molecule has 0 saturated carbocycles. The molecule has 0 N–H and O–H groups in total. The molecule has 0 spiro atoms. The molecule has 0 radical (unpaired) electrons. The van der Waals surface area contributed by atoms with Gasteiger partial charge in [-0.25, -0.2) is 0 Å². The predicted molar refractivity (Wildman–Crippen MR) is 64.1 cm³/mol. The van der Waals surface area contributed by atoms with Crippen molar-refractivity contribution in [2.45, 2.75) is 33.0 Å². The highest BCUT2D eigenvalue weighted by atomic mass is 16.6. The summed E-state index contributed by atoms with van der Waals surface area (Å²) in [6.45, 7) is 11.3. The molecular weight excluding hydrogens is 220 g/mol. The lowest BCUT2D eigenvalue weighted by Gasteiger charge is -2.30. The molecule has 100 valence electrons. The van der Waals surface area contributed by atoms with Crippen molar-refractivity contribution >= 4 is 0 Å². The van der Waals surface area contributed by atoms with Crippen LogP contribution >= 0.6 is 0 Å². The van der Waals surface area contributed by atoms with E-state index >= 15 is 0 Å². The van der Waals surface area contributed by atoms with Gasteiger partial charge in [-0.2, -0.15) is 0 Å². The van der Waals surface area contributed by atoms with E-state index in [1.54, 1.807) is 0 Å². The Labute approximate surface area is 104 Å². The Balaban J connectivity index is 1.62. The molecule has 4 nitrogen and oxygen atoms in total. The van der Waals surface area contributed by atoms with Crippen LogP contribution in [0.1, 0.15) is 20.8 Å². The first-order chi connectivity index (χ1) is 8.05. The normalized spacial score (nSPS) is 29.1. The second-order valence-corrected chi connectivity index (χ2v) is 6.05. The first-order valence-electron chi connectivity index (χ1n) is 6.44. The molecule has 0 aromatic carbocycles. The summed E-state index contributed by atoms with van der Waals surface area (Å²) < 4.78 is 21.6. The molecule has 2 saturated heterocycles. The summed E-state index contributed by atoms with van der Waals surface area (Å²) in [5.74, 6) is 0.417. The lowest BCUT2D eigenvalue weighted by atomic mass is 9.82. The lowest BCUT2D eigenvalue weighted by molar-refractivity contribution is -0.0105. The van der Waals surface area contributed by atoms with Gasteiger partial charge < -0.3 is 18.9 Å². The van der Waals surface area contributed by atoms with Gasteiger partial charge in [-0.1, -0.05) is 20.8 Å². The third-order valence-electron chi connectivity index (χ3n) is 3.28. The van der Waals surface area contributed by atoms with E-state index in [1.165, 1.54) is 0 Å². The summed E-state index contributed by atoms with van der Waals surface area (Å²) in [5, 5.41) is 0. The highest BCUT2D eigenvalue weighted by Gasteiger charge is 2.29. The average molecular weight is 244 g/mol. The molecule has 0 amide bonds. The minimum atomic E-state index is 0.203. The molecule has 0 aromatic heterocycles. The molecule has 0 aromatic rings. The van der Waals surface area contributed by atoms with Crippen LogP contribution in [0, 0.1) is 11.3 Å². The molecule has 2 fully saturated rings. The van der Waals surface area contributed by atoms with Crippen molar-refractivity contribution in [2.24, 2.45) is 11.3 Å². The van der Waals surface area contributed by atoms with E-state index in [4.69, 9.17) is 18.9 Å². The van der Waals surface area contributed by atoms with Gasteiger partial charge in [-0.3, -0.25) is 0 Å². The summed E-state index contributed by atoms with van der Waals surface area (Å²) in [7, 11) is 0. The van der Waals surface area contributed by atoms with E-state index in [9.17, 15) is 0 Å². The number of hydrogen-bond donors (Lipinski definition) is 0. The Morgan fingerprint density at radius 1 is 1.00 bits per heavy atom. The second kappa shape index (κ2) is 5.65. The predicted octanol–water partition coefficient (Wildman–Crippen LogP) is 1.48. The number of rotatable bonds is 8. The van der Waals surface area contributed by atoms with Gasteiger partial charge in [0, 0.05) is 5.92 Å². The fourth-order valence-corrected chi connectivity index (χ4v) is 1.56. The number of epoxide rings is 2. The Bertz CT molecular complexity index is 210. The summed E-state index contributed by atoms with van der Waals surface area (Å²) in [5.41, 5.74) is 0.203. The van der Waals surface area contributed by atoms with Crippen LogP contribution in [0.4, 0.5) is 0 Å². The molecule has 2 rings (SSSR count). The van der Waals surface area contributed by atoms with Crippen molar-refractivity contribution in [1.82, 2.24) is 0 Å². The van der Waals surface area contributed by atoms with E-state index in [1.807, 2.05) is 0 Å². The van der Waals surface area contributed by atoms with E-state index in [-0.39, 0.29) is 5.41 Å². The monoisotopic (exact) mass is 244 g/mol. The van der Waals surface area contributed by atoms with Gasteiger partial charge >= 0.3 is 0 Å². The Morgan fingerprint density at radius 2 is 1.41 bits per heavy atom. The van der Waals surface area contributed by atoms with Gasteiger partial charge in [0.05, 0.1) is 39.6 Å². The van der Waals surface area contributed by atoms with E-state index < -0.39 is 0 Å². The van der Waals surface area contributed by atoms with Gasteiger partial charge in [-0.15, -0.1) is 0 Å². The van der Waals surface area contributed by atoms with Crippen LogP contribution in [-0.2, 0) is 18.9 Å². The molecule has 2 aliphatic rings. The van der Waals surface area contributed by atoms with Crippen molar-refractivity contribution in [3.8, 4) is 0 Å². The minimum absolute atomic E-state index is 0.203. The molecule has 2 unspecified atom stereocenters. The standard InChI is InChI=1S/C13H24O4/c1-13(2,3)10(4-14-6-11-8-16-11)5-15-7-12-9-17-12/h10-12H,4-9H2,1-3H3. The summed E-state index contributed by atoms with van der Waals surface area (Å²) in [6.07, 6.45) is 0.688. The molecule has 0 bridgehead atoms. The van der Waals surface area contributed by atoms with Crippen LogP contribution < -0.4 is 0 Å². The fraction of sp³-hybridized carbons (Fsp3) is 1.00. The first-order valence-corrected chi connectivity index (χ1v) is 6.44. The second-order valence-electron chi connectivity index (χ2n) is 6.05. The average Bonchev–Trinajstić information content (AvgIpc) is 3.09. The molecule has 4 heteroatoms. The maximum absolute atomic E-state index is 5.68. The van der Waals surface area contributed by atoms with Crippen molar-refractivity contribution in [1.29, 1.82) is 0 Å². The van der Waals surface area contributed by atoms with Crippen molar-refractivity contribution in [3.63, 3.8) is 0 Å². The minimum Gasteiger partial charge on any atom is -0.378 e. The van der Waals surface area contributed by atoms with Crippen LogP contribution in [-0.4, -0.2) is 51.8 Å². The van der Waals surface area contributed by atoms with Crippen LogP contribution in [0.25, 0.3) is 0 Å². The quantitative estimate of drug-likeness (QED) is 0.607. The van der Waals surface area contributed by atoms with Gasteiger partial charge in [-0.05, 0) is 5.41 Å². The molecule has 17 heavy (non-hydrogen) atoms. The zero-order valence-electron chi connectivity index (χ0n) is 11.1. The Morgan fingerprint density at radius 3 is 1.71 bits per heavy atom. The van der Waals surface area contributed by atoms with Crippen LogP contribution in [0.3, 0.4) is 0 Å². The van der Waals surface area contributed by atoms with Crippen LogP contribution in [0.2, 0.25) is 0 Å². The lowest BCUT2D eigenvalue weighted by Crippen LogP contribution is -2.30. The summed E-state index contributed by atoms with van der Waals surface area (Å²) in [6, 6.07) is 0. The molecular formula is C13H24O4. The third-order valence-corrected chi connectivity index (χ3v) is 3.28. The highest BCUT2D eigenvalue weighted by Crippen LogP contribution is 2.27. The number of ether oxygens (including phenoxy) is 4. The molecule has 2 aliphatic heterocycles. The SMILES string of the molecule is CC(C)(C)C(COCC1CO1)COCC1CO1. The van der Waals surface area contributed by atoms with Crippen LogP contribution in [0.15, 0.2) is 0 Å². The van der Waals surface area contributed by atoms with Gasteiger partial charge in [0.25, 0.3) is 0 Å². The van der Waals surface area contributed by atoms with Crippen molar-refractivity contribution in [2.75, 3.05) is 39.6 Å². The third kappa shape index (κ3) is 5.34. The summed E-state index contributed by atoms with van der Waals surface area (Å²) >= 11 is 0. The Kier molecular flexibility index (Phi) is 4.42. The fourth-order valence-electron chi connectivity index (χ4n) is 1.56. The maximum atomic E-state index is 5.68. The maximum Gasteiger partial charge on any atom is 0.104 e. The smallest absolute Gasteiger partial charge is 0.104 e. The van der Waals surface area contributed by atoms with E-state index in [2.05, 4.69) is 20.8 Å². The summed E-state index contributed by atoms with van der Waals surface area (Å²) in [4.78, 5) is 0. The topological polar surface area (TPSA) is 43.5 Å². The highest BCUT2D eigenvalue weighted by molar-refractivity contribution is 4.76. The van der Waals surface area contributed by atoms with Crippen molar-refractivity contribution in [3.05, 3.63) is 0 Å². The van der Waals surface area contributed by atoms with Gasteiger partial charge in [0.2, 0.25) is 0 Å². The number of hydrogen-bond acceptors (Lipinski definition) is 4. The van der Waals surface area contributed by atoms with E-state index in [0.717, 1.165) is 39.6 Å². The molecule has 0 aliphatic carbocycles. The molecule has 2 atom stereocenters. The molecule has 2 heterocycles. The zero-order chi connectivity index (χ0) is 12.3. The zero-order valence-corrected chi connectivity index (χ0v) is 11.1. The largest absolute Gasteiger partial charge is 0.378 e. The first kappa shape index (κ1) is 13.3.